The Morgan fingerprint density at radius 2 is 1.62 bits per heavy atom. The molecular weight excluding hydrogens is 333 g/mol. The van der Waals surface area contributed by atoms with E-state index in [-0.39, 0.29) is 5.75 Å². The number of hydrogen-bond donors (Lipinski definition) is 2. The second-order valence-electron chi connectivity index (χ2n) is 3.28. The molecule has 0 saturated carbocycles. The van der Waals surface area contributed by atoms with Gasteiger partial charge in [-0.2, -0.15) is 0 Å². The number of rotatable bonds is 2. The molecule has 0 aliphatic rings. The molecule has 2 aromatic carbocycles. The van der Waals surface area contributed by atoms with Crippen molar-refractivity contribution in [1.82, 2.24) is 0 Å². The zero-order chi connectivity index (χ0) is 11.5. The summed E-state index contributed by atoms with van der Waals surface area (Å²) in [4.78, 5) is 2.18. The van der Waals surface area contributed by atoms with Crippen LogP contribution in [0.2, 0.25) is 0 Å². The van der Waals surface area contributed by atoms with E-state index < -0.39 is 0 Å². The van der Waals surface area contributed by atoms with E-state index in [1.54, 1.807) is 23.9 Å². The number of aromatic hydroxyl groups is 1. The van der Waals surface area contributed by atoms with Crippen LogP contribution in [0.5, 0.6) is 5.75 Å². The van der Waals surface area contributed by atoms with Crippen LogP contribution < -0.4 is 5.73 Å². The zero-order valence-corrected chi connectivity index (χ0v) is 11.3. The summed E-state index contributed by atoms with van der Waals surface area (Å²) in [7, 11) is 0. The molecule has 4 heteroatoms. The van der Waals surface area contributed by atoms with Crippen LogP contribution in [0.1, 0.15) is 0 Å². The number of benzene rings is 2. The molecule has 2 aromatic rings. The second-order valence-corrected chi connectivity index (χ2v) is 5.67. The number of halogens is 1. The van der Waals surface area contributed by atoms with Gasteiger partial charge in [0.2, 0.25) is 0 Å². The normalized spacial score (nSPS) is 10.3. The van der Waals surface area contributed by atoms with Gasteiger partial charge in [-0.3, -0.25) is 0 Å². The Kier molecular flexibility index (Phi) is 3.60. The highest BCUT2D eigenvalue weighted by atomic mass is 127. The fourth-order valence-electron chi connectivity index (χ4n) is 1.23. The van der Waals surface area contributed by atoms with E-state index in [9.17, 15) is 5.11 Å². The van der Waals surface area contributed by atoms with Crippen LogP contribution in [-0.2, 0) is 0 Å². The van der Waals surface area contributed by atoms with E-state index in [2.05, 4.69) is 46.9 Å². The molecule has 0 bridgehead atoms. The number of phenols is 1. The van der Waals surface area contributed by atoms with Crippen molar-refractivity contribution < 1.29 is 5.11 Å². The van der Waals surface area contributed by atoms with E-state index in [1.807, 2.05) is 6.07 Å². The molecule has 0 atom stereocenters. The van der Waals surface area contributed by atoms with Crippen LogP contribution in [0.15, 0.2) is 52.3 Å². The molecule has 0 unspecified atom stereocenters. The number of anilines is 1. The van der Waals surface area contributed by atoms with Crippen molar-refractivity contribution in [3.05, 3.63) is 46.0 Å². The Morgan fingerprint density at radius 3 is 2.25 bits per heavy atom. The third kappa shape index (κ3) is 2.82. The van der Waals surface area contributed by atoms with Crippen molar-refractivity contribution in [2.45, 2.75) is 9.79 Å². The summed E-state index contributed by atoms with van der Waals surface area (Å²) in [5.41, 5.74) is 6.05. The van der Waals surface area contributed by atoms with Gasteiger partial charge in [-0.25, -0.2) is 0 Å². The highest BCUT2D eigenvalue weighted by Gasteiger charge is 2.01. The molecule has 2 rings (SSSR count). The summed E-state index contributed by atoms with van der Waals surface area (Å²) >= 11 is 3.90. The van der Waals surface area contributed by atoms with Crippen LogP contribution in [0, 0.1) is 3.57 Å². The molecule has 0 fully saturated rings. The molecule has 0 spiro atoms. The molecule has 82 valence electrons. The first-order valence-corrected chi connectivity index (χ1v) is 6.56. The molecule has 0 aliphatic heterocycles. The topological polar surface area (TPSA) is 46.2 Å². The summed E-state index contributed by atoms with van der Waals surface area (Å²) in [6, 6.07) is 13.5. The van der Waals surface area contributed by atoms with Crippen LogP contribution in [0.25, 0.3) is 0 Å². The summed E-state index contributed by atoms with van der Waals surface area (Å²) in [6.07, 6.45) is 0. The van der Waals surface area contributed by atoms with E-state index in [0.717, 1.165) is 9.79 Å². The monoisotopic (exact) mass is 343 g/mol. The van der Waals surface area contributed by atoms with Gasteiger partial charge in [0.1, 0.15) is 5.75 Å². The van der Waals surface area contributed by atoms with E-state index in [1.165, 1.54) is 3.57 Å². The Hall–Kier alpha value is -0.880. The van der Waals surface area contributed by atoms with Gasteiger partial charge in [0, 0.05) is 13.4 Å². The SMILES string of the molecule is Nc1cc(Sc2ccc(I)cc2)ccc1O. The molecule has 0 heterocycles. The summed E-state index contributed by atoms with van der Waals surface area (Å²) < 4.78 is 1.21. The zero-order valence-electron chi connectivity index (χ0n) is 8.35. The molecule has 0 amide bonds. The minimum atomic E-state index is 0.131. The largest absolute Gasteiger partial charge is 0.506 e. The first-order valence-electron chi connectivity index (χ1n) is 4.67. The maximum absolute atomic E-state index is 9.31. The molecule has 3 N–H and O–H groups in total. The molecule has 0 aromatic heterocycles. The average molecular weight is 343 g/mol. The lowest BCUT2D eigenvalue weighted by Crippen LogP contribution is -1.85. The van der Waals surface area contributed by atoms with Crippen molar-refractivity contribution in [3.8, 4) is 5.75 Å². The van der Waals surface area contributed by atoms with Crippen LogP contribution in [-0.4, -0.2) is 5.11 Å². The molecule has 0 saturated heterocycles. The third-order valence-electron chi connectivity index (χ3n) is 2.05. The molecule has 16 heavy (non-hydrogen) atoms. The smallest absolute Gasteiger partial charge is 0.138 e. The van der Waals surface area contributed by atoms with Gasteiger partial charge < -0.3 is 10.8 Å². The van der Waals surface area contributed by atoms with E-state index in [4.69, 9.17) is 5.73 Å². The Bertz CT molecular complexity index is 499. The van der Waals surface area contributed by atoms with Crippen molar-refractivity contribution >= 4 is 40.0 Å². The molecular formula is C12H10INOS. The minimum Gasteiger partial charge on any atom is -0.506 e. The fraction of sp³-hybridized carbons (Fsp3) is 0. The number of hydrogen-bond acceptors (Lipinski definition) is 3. The fourth-order valence-corrected chi connectivity index (χ4v) is 2.46. The van der Waals surface area contributed by atoms with Gasteiger partial charge in [-0.15, -0.1) is 0 Å². The first kappa shape index (κ1) is 11.6. The van der Waals surface area contributed by atoms with Gasteiger partial charge in [-0.1, -0.05) is 11.8 Å². The van der Waals surface area contributed by atoms with Crippen molar-refractivity contribution in [1.29, 1.82) is 0 Å². The minimum absolute atomic E-state index is 0.131. The highest BCUT2D eigenvalue weighted by Crippen LogP contribution is 2.32. The van der Waals surface area contributed by atoms with Crippen molar-refractivity contribution in [3.63, 3.8) is 0 Å². The standard InChI is InChI=1S/C12H10INOS/c13-8-1-3-9(4-2-8)16-10-5-6-12(15)11(14)7-10/h1-7,15H,14H2. The maximum atomic E-state index is 9.31. The predicted octanol–water partition coefficient (Wildman–Crippen LogP) is 3.73. The predicted molar refractivity (Wildman–Crippen MR) is 75.8 cm³/mol. The lowest BCUT2D eigenvalue weighted by Gasteiger charge is -2.04. The van der Waals surface area contributed by atoms with Gasteiger partial charge in [0.05, 0.1) is 5.69 Å². The number of nitrogens with two attached hydrogens (primary N) is 1. The van der Waals surface area contributed by atoms with Crippen LogP contribution in [0.3, 0.4) is 0 Å². The van der Waals surface area contributed by atoms with E-state index >= 15 is 0 Å². The van der Waals surface area contributed by atoms with E-state index in [0.29, 0.717) is 5.69 Å². The van der Waals surface area contributed by atoms with Crippen molar-refractivity contribution in [2.24, 2.45) is 0 Å². The molecule has 0 aliphatic carbocycles. The van der Waals surface area contributed by atoms with Crippen LogP contribution in [0.4, 0.5) is 5.69 Å². The number of nitrogen functional groups attached to an aromatic ring is 1. The van der Waals surface area contributed by atoms with Gasteiger partial charge >= 0.3 is 0 Å². The lowest BCUT2D eigenvalue weighted by molar-refractivity contribution is 0.477. The quantitative estimate of drug-likeness (QED) is 0.496. The van der Waals surface area contributed by atoms with Gasteiger partial charge in [0.25, 0.3) is 0 Å². The Balaban J connectivity index is 2.20. The maximum Gasteiger partial charge on any atom is 0.138 e. The third-order valence-corrected chi connectivity index (χ3v) is 3.77. The van der Waals surface area contributed by atoms with Crippen LogP contribution >= 0.6 is 34.4 Å². The Labute approximate surface area is 112 Å². The Morgan fingerprint density at radius 1 is 1.00 bits per heavy atom. The first-order chi connectivity index (χ1) is 7.65. The summed E-state index contributed by atoms with van der Waals surface area (Å²) in [5.74, 6) is 0.131. The second kappa shape index (κ2) is 4.97. The van der Waals surface area contributed by atoms with Gasteiger partial charge in [0.15, 0.2) is 0 Å². The highest BCUT2D eigenvalue weighted by molar-refractivity contribution is 14.1. The average Bonchev–Trinajstić information content (AvgIpc) is 2.27. The lowest BCUT2D eigenvalue weighted by atomic mass is 10.3. The molecule has 0 radical (unpaired) electrons. The summed E-state index contributed by atoms with van der Waals surface area (Å²) in [5, 5.41) is 9.31. The van der Waals surface area contributed by atoms with Gasteiger partial charge in [-0.05, 0) is 65.1 Å². The number of phenolic OH excluding ortho intramolecular Hbond substituents is 1. The summed E-state index contributed by atoms with van der Waals surface area (Å²) in [6.45, 7) is 0. The molecule has 2 nitrogen and oxygen atoms in total. The van der Waals surface area contributed by atoms with Crippen molar-refractivity contribution in [2.75, 3.05) is 5.73 Å².